The highest BCUT2D eigenvalue weighted by Gasteiger charge is 2.36. The third-order valence-corrected chi connectivity index (χ3v) is 12.2. The first-order valence-corrected chi connectivity index (χ1v) is 26.9. The number of aryl methyl sites for hydroxylation is 1. The van der Waals surface area contributed by atoms with Crippen LogP contribution in [0.15, 0.2) is 84.9 Å². The SMILES string of the molecule is COC(=O)[C@@H]1Cc2ccc(OCCNC(=O)OC(C)(C)C)c(c2)-c2cc(ccc2OCCNC(=O)OC(C)(C)C)[C@H](N(C)C(=O)[C@H](CCCNC(=O)OC(C)(C)C)NC(=O)c2ccc(-c3ccc(C)cc3)cc2)C(=O)N[C@@H](C)C(=O)N1. The van der Waals surface area contributed by atoms with Crippen LogP contribution in [0.5, 0.6) is 11.5 Å². The molecular formula is C60H79N7O14. The van der Waals surface area contributed by atoms with E-state index in [-0.39, 0.29) is 74.7 Å². The Morgan fingerprint density at radius 1 is 0.642 bits per heavy atom. The first-order chi connectivity index (χ1) is 38.0. The molecule has 0 aliphatic carbocycles. The van der Waals surface area contributed by atoms with Crippen molar-refractivity contribution < 1.29 is 66.8 Å². The maximum Gasteiger partial charge on any atom is 0.407 e. The largest absolute Gasteiger partial charge is 0.491 e. The summed E-state index contributed by atoms with van der Waals surface area (Å²) in [5.74, 6) is -3.12. The summed E-state index contributed by atoms with van der Waals surface area (Å²) >= 11 is 0. The van der Waals surface area contributed by atoms with Crippen LogP contribution in [0.1, 0.15) is 115 Å². The molecule has 7 amide bonds. The molecule has 1 heterocycles. The number of hydrogen-bond donors (Lipinski definition) is 6. The lowest BCUT2D eigenvalue weighted by atomic mass is 9.93. The fourth-order valence-electron chi connectivity index (χ4n) is 8.37. The number of carbonyl (C=O) groups excluding carboxylic acids is 8. The number of esters is 1. The van der Waals surface area contributed by atoms with Crippen molar-refractivity contribution >= 4 is 47.9 Å². The molecule has 0 saturated carbocycles. The number of fused-ring (bicyclic) bond motifs is 5. The van der Waals surface area contributed by atoms with Gasteiger partial charge in [-0.25, -0.2) is 19.2 Å². The predicted molar refractivity (Wildman–Crippen MR) is 303 cm³/mol. The standard InChI is InChI=1S/C60H79N7O14/c1-36-16-19-39(20-17-36)40-21-23-41(24-22-40)51(69)65-45(15-14-28-61-55(73)79-58(3,4)5)53(71)67(12)49-42-25-27-48(78-32-30-63-57(75)81-60(9,10)11)44(35-42)43-33-38(18-26-47(43)77-31-29-62-56(74)80-59(6,7)8)34-46(54(72)76-13)66-50(68)37(2)64-52(49)70/h16-27,33,35,37,45-46,49H,14-15,28-32,34H2,1-13H3,(H,61,73)(H,62,74)(H,63,75)(H,64,70)(H,65,69)(H,66,68)/t37-,45-,46-,49-/m0/s1. The molecule has 0 fully saturated rings. The van der Waals surface area contributed by atoms with Crippen molar-refractivity contribution in [1.29, 1.82) is 0 Å². The van der Waals surface area contributed by atoms with Gasteiger partial charge in [-0.05, 0) is 148 Å². The molecule has 0 spiro atoms. The minimum Gasteiger partial charge on any atom is -0.491 e. The fourth-order valence-corrected chi connectivity index (χ4v) is 8.37. The summed E-state index contributed by atoms with van der Waals surface area (Å²) in [6, 6.07) is 19.3. The number of benzene rings is 4. The third-order valence-electron chi connectivity index (χ3n) is 12.2. The average molecular weight is 1120 g/mol. The third kappa shape index (κ3) is 20.0. The summed E-state index contributed by atoms with van der Waals surface area (Å²) in [6.45, 7) is 18.9. The van der Waals surface area contributed by atoms with E-state index >= 15 is 4.79 Å². The number of ether oxygens (including phenoxy) is 6. The van der Waals surface area contributed by atoms with Gasteiger partial charge in [0, 0.05) is 36.7 Å². The Morgan fingerprint density at radius 2 is 1.14 bits per heavy atom. The maximum absolute atomic E-state index is 15.2. The zero-order valence-corrected chi connectivity index (χ0v) is 48.7. The molecule has 21 nitrogen and oxygen atoms in total. The molecule has 4 atom stereocenters. The number of carbonyl (C=O) groups is 8. The molecule has 0 aromatic heterocycles. The van der Waals surface area contributed by atoms with E-state index in [9.17, 15) is 33.6 Å². The molecule has 0 unspecified atom stereocenters. The summed E-state index contributed by atoms with van der Waals surface area (Å²) in [7, 11) is 2.57. The molecule has 1 aliphatic heterocycles. The van der Waals surface area contributed by atoms with Crippen molar-refractivity contribution in [3.05, 3.63) is 107 Å². The zero-order valence-electron chi connectivity index (χ0n) is 48.7. The summed E-state index contributed by atoms with van der Waals surface area (Å²) < 4.78 is 34.0. The molecule has 1 aliphatic rings. The molecule has 0 saturated heterocycles. The van der Waals surface area contributed by atoms with Crippen molar-refractivity contribution in [3.63, 3.8) is 0 Å². The first-order valence-electron chi connectivity index (χ1n) is 26.9. The minimum atomic E-state index is -1.52. The van der Waals surface area contributed by atoms with Gasteiger partial charge in [0.2, 0.25) is 17.7 Å². The lowest BCUT2D eigenvalue weighted by molar-refractivity contribution is -0.145. The number of likely N-dealkylation sites (N-methyl/N-ethyl adjacent to an activating group) is 1. The van der Waals surface area contributed by atoms with Crippen molar-refractivity contribution in [2.45, 2.75) is 136 Å². The number of methoxy groups -OCH3 is 1. The second-order valence-corrected chi connectivity index (χ2v) is 22.6. The van der Waals surface area contributed by atoms with Crippen molar-refractivity contribution in [1.82, 2.24) is 36.8 Å². The second-order valence-electron chi connectivity index (χ2n) is 22.6. The lowest BCUT2D eigenvalue weighted by Crippen LogP contribution is -2.55. The van der Waals surface area contributed by atoms with Crippen LogP contribution in [0.2, 0.25) is 0 Å². The van der Waals surface area contributed by atoms with Crippen LogP contribution in [0.3, 0.4) is 0 Å². The van der Waals surface area contributed by atoms with Gasteiger partial charge in [0.05, 0.1) is 20.2 Å². The minimum absolute atomic E-state index is 0.00773. The highest BCUT2D eigenvalue weighted by molar-refractivity contribution is 5.99. The van der Waals surface area contributed by atoms with E-state index in [1.165, 1.54) is 21.1 Å². The van der Waals surface area contributed by atoms with Crippen molar-refractivity contribution in [2.24, 2.45) is 0 Å². The first kappa shape index (κ1) is 63.5. The number of hydrogen-bond acceptors (Lipinski definition) is 14. The second kappa shape index (κ2) is 28.2. The molecule has 4 aromatic carbocycles. The normalized spacial score (nSPS) is 15.9. The van der Waals surface area contributed by atoms with E-state index in [0.29, 0.717) is 16.7 Å². The van der Waals surface area contributed by atoms with Crippen molar-refractivity contribution in [2.75, 3.05) is 47.0 Å². The van der Waals surface area contributed by atoms with Gasteiger partial charge in [0.1, 0.15) is 65.7 Å². The Labute approximate surface area is 474 Å². The Morgan fingerprint density at radius 3 is 1.65 bits per heavy atom. The Hall–Kier alpha value is -8.36. The highest BCUT2D eigenvalue weighted by atomic mass is 16.6. The summed E-state index contributed by atoms with van der Waals surface area (Å²) in [6.07, 6.45) is -1.91. The molecule has 6 N–H and O–H groups in total. The Balaban J connectivity index is 1.61. The molecule has 438 valence electrons. The highest BCUT2D eigenvalue weighted by Crippen LogP contribution is 2.40. The van der Waals surface area contributed by atoms with Crippen LogP contribution in [0.25, 0.3) is 22.3 Å². The zero-order chi connectivity index (χ0) is 59.8. The van der Waals surface area contributed by atoms with Crippen LogP contribution in [-0.2, 0) is 44.5 Å². The van der Waals surface area contributed by atoms with E-state index in [0.717, 1.165) is 21.6 Å². The Kier molecular flexibility index (Phi) is 22.1. The number of nitrogens with zero attached hydrogens (tertiary/aromatic N) is 1. The van der Waals surface area contributed by atoms with E-state index in [1.807, 2.05) is 31.2 Å². The van der Waals surface area contributed by atoms with Gasteiger partial charge < -0.3 is 65.2 Å². The van der Waals surface area contributed by atoms with Gasteiger partial charge in [-0.2, -0.15) is 0 Å². The van der Waals surface area contributed by atoms with Crippen LogP contribution >= 0.6 is 0 Å². The van der Waals surface area contributed by atoms with Crippen LogP contribution < -0.4 is 41.4 Å². The van der Waals surface area contributed by atoms with E-state index in [2.05, 4.69) is 31.9 Å². The summed E-state index contributed by atoms with van der Waals surface area (Å²) in [5.41, 5.74) is 2.31. The fraction of sp³-hybridized carbons (Fsp3) is 0.467. The van der Waals surface area contributed by atoms with E-state index < -0.39 is 88.8 Å². The molecule has 5 rings (SSSR count). The monoisotopic (exact) mass is 1120 g/mol. The van der Waals surface area contributed by atoms with Crippen LogP contribution in [-0.4, -0.2) is 135 Å². The Bertz CT molecular complexity index is 2870. The maximum atomic E-state index is 15.2. The topological polar surface area (TPSA) is 267 Å². The van der Waals surface area contributed by atoms with E-state index in [4.69, 9.17) is 28.4 Å². The van der Waals surface area contributed by atoms with Gasteiger partial charge in [-0.15, -0.1) is 0 Å². The molecule has 21 heteroatoms. The number of rotatable bonds is 18. The van der Waals surface area contributed by atoms with Crippen molar-refractivity contribution in [3.8, 4) is 33.8 Å². The summed E-state index contributed by atoms with van der Waals surface area (Å²) in [4.78, 5) is 111. The average Bonchev–Trinajstić information content (AvgIpc) is 3.43. The number of amides is 7. The smallest absolute Gasteiger partial charge is 0.407 e. The van der Waals surface area contributed by atoms with Gasteiger partial charge in [-0.1, -0.05) is 54.1 Å². The number of alkyl carbamates (subject to hydrolysis) is 3. The molecule has 4 aromatic rings. The van der Waals surface area contributed by atoms with Gasteiger partial charge in [0.25, 0.3) is 5.91 Å². The predicted octanol–water partition coefficient (Wildman–Crippen LogP) is 7.46. The van der Waals surface area contributed by atoms with Crippen LogP contribution in [0, 0.1) is 6.92 Å². The van der Waals surface area contributed by atoms with E-state index in [1.54, 1.807) is 123 Å². The lowest BCUT2D eigenvalue weighted by Gasteiger charge is -2.32. The summed E-state index contributed by atoms with van der Waals surface area (Å²) in [5, 5.41) is 16.3. The molecule has 4 bridgehead atoms. The van der Waals surface area contributed by atoms with Gasteiger partial charge in [-0.3, -0.25) is 19.2 Å². The quantitative estimate of drug-likeness (QED) is 0.0321. The molecule has 0 radical (unpaired) electrons. The molecular weight excluding hydrogens is 1040 g/mol. The van der Waals surface area contributed by atoms with Crippen LogP contribution in [0.4, 0.5) is 14.4 Å². The molecule has 81 heavy (non-hydrogen) atoms. The van der Waals surface area contributed by atoms with Gasteiger partial charge in [0.15, 0.2) is 0 Å². The number of nitrogens with one attached hydrogen (secondary N) is 6. The van der Waals surface area contributed by atoms with Gasteiger partial charge >= 0.3 is 24.2 Å².